The number of hydrogen-bond acceptors (Lipinski definition) is 3. The molecule has 4 nitrogen and oxygen atoms in total. The molecule has 0 aliphatic heterocycles. The highest BCUT2D eigenvalue weighted by Crippen LogP contribution is 2.31. The van der Waals surface area contributed by atoms with E-state index in [1.165, 1.54) is 0 Å². The first-order valence-electron chi connectivity index (χ1n) is 5.92. The standard InChI is InChI=1S/C12H14BrN3O/c13-9-5-6-16-11(7-9)14-12(15-16)8-1-3-10(17)4-2-8/h5-8,10,17H,1-4H2. The number of aliphatic hydroxyl groups is 1. The number of hydrogen-bond donors (Lipinski definition) is 1. The van der Waals surface area contributed by atoms with E-state index in [9.17, 15) is 5.11 Å². The summed E-state index contributed by atoms with van der Waals surface area (Å²) in [6.07, 6.45) is 5.48. The maximum Gasteiger partial charge on any atom is 0.156 e. The molecule has 0 saturated heterocycles. The predicted molar refractivity (Wildman–Crippen MR) is 67.9 cm³/mol. The van der Waals surface area contributed by atoms with Gasteiger partial charge in [-0.1, -0.05) is 15.9 Å². The van der Waals surface area contributed by atoms with E-state index in [0.29, 0.717) is 5.92 Å². The average Bonchev–Trinajstić information content (AvgIpc) is 2.72. The molecule has 17 heavy (non-hydrogen) atoms. The van der Waals surface area contributed by atoms with Crippen LogP contribution >= 0.6 is 15.9 Å². The smallest absolute Gasteiger partial charge is 0.156 e. The van der Waals surface area contributed by atoms with Crippen LogP contribution in [0.15, 0.2) is 22.8 Å². The van der Waals surface area contributed by atoms with Crippen molar-refractivity contribution in [2.45, 2.75) is 37.7 Å². The number of rotatable bonds is 1. The van der Waals surface area contributed by atoms with Gasteiger partial charge in [-0.25, -0.2) is 9.50 Å². The molecule has 90 valence electrons. The highest BCUT2D eigenvalue weighted by atomic mass is 79.9. The lowest BCUT2D eigenvalue weighted by atomic mass is 9.87. The molecule has 0 atom stereocenters. The van der Waals surface area contributed by atoms with Gasteiger partial charge in [0.2, 0.25) is 0 Å². The van der Waals surface area contributed by atoms with Crippen LogP contribution in [0.3, 0.4) is 0 Å². The van der Waals surface area contributed by atoms with E-state index in [1.807, 2.05) is 22.8 Å². The number of aromatic nitrogens is 3. The third-order valence-electron chi connectivity index (χ3n) is 3.38. The lowest BCUT2D eigenvalue weighted by molar-refractivity contribution is 0.121. The van der Waals surface area contributed by atoms with E-state index in [-0.39, 0.29) is 6.10 Å². The molecule has 1 N–H and O–H groups in total. The van der Waals surface area contributed by atoms with Crippen LogP contribution in [0.5, 0.6) is 0 Å². The predicted octanol–water partition coefficient (Wildman–Crippen LogP) is 2.51. The van der Waals surface area contributed by atoms with Crippen LogP contribution in [0.2, 0.25) is 0 Å². The fourth-order valence-corrected chi connectivity index (χ4v) is 2.70. The Bertz CT molecular complexity index is 532. The molecule has 0 bridgehead atoms. The van der Waals surface area contributed by atoms with Crippen molar-refractivity contribution in [3.8, 4) is 0 Å². The van der Waals surface area contributed by atoms with E-state index in [2.05, 4.69) is 26.0 Å². The summed E-state index contributed by atoms with van der Waals surface area (Å²) in [5.41, 5.74) is 0.875. The van der Waals surface area contributed by atoms with Gasteiger partial charge in [0, 0.05) is 16.6 Å². The summed E-state index contributed by atoms with van der Waals surface area (Å²) in [6.45, 7) is 0. The summed E-state index contributed by atoms with van der Waals surface area (Å²) in [7, 11) is 0. The zero-order valence-corrected chi connectivity index (χ0v) is 11.0. The molecule has 3 rings (SSSR count). The van der Waals surface area contributed by atoms with Gasteiger partial charge in [0.25, 0.3) is 0 Å². The van der Waals surface area contributed by atoms with Gasteiger partial charge < -0.3 is 5.11 Å². The normalized spacial score (nSPS) is 25.3. The van der Waals surface area contributed by atoms with Crippen molar-refractivity contribution in [1.82, 2.24) is 14.6 Å². The number of fused-ring (bicyclic) bond motifs is 1. The minimum atomic E-state index is -0.127. The Balaban J connectivity index is 1.90. The number of pyridine rings is 1. The van der Waals surface area contributed by atoms with E-state index < -0.39 is 0 Å². The molecular weight excluding hydrogens is 282 g/mol. The number of aliphatic hydroxyl groups excluding tert-OH is 1. The highest BCUT2D eigenvalue weighted by molar-refractivity contribution is 9.10. The molecule has 1 aliphatic rings. The van der Waals surface area contributed by atoms with Crippen molar-refractivity contribution < 1.29 is 5.11 Å². The Kier molecular flexibility index (Phi) is 2.88. The topological polar surface area (TPSA) is 50.4 Å². The zero-order chi connectivity index (χ0) is 11.8. The molecule has 2 aromatic heterocycles. The molecule has 2 heterocycles. The molecule has 0 radical (unpaired) electrons. The van der Waals surface area contributed by atoms with Gasteiger partial charge in [0.15, 0.2) is 11.5 Å². The summed E-state index contributed by atoms with van der Waals surface area (Å²) in [5.74, 6) is 1.31. The Labute approximate surface area is 108 Å². The molecule has 5 heteroatoms. The largest absolute Gasteiger partial charge is 0.393 e. The summed E-state index contributed by atoms with van der Waals surface area (Å²) in [6, 6.07) is 3.92. The van der Waals surface area contributed by atoms with Crippen LogP contribution in [0.1, 0.15) is 37.4 Å². The maximum absolute atomic E-state index is 9.50. The molecule has 0 unspecified atom stereocenters. The van der Waals surface area contributed by atoms with Crippen LogP contribution in [-0.2, 0) is 0 Å². The van der Waals surface area contributed by atoms with Crippen LogP contribution in [-0.4, -0.2) is 25.8 Å². The molecule has 2 aromatic rings. The van der Waals surface area contributed by atoms with E-state index in [4.69, 9.17) is 0 Å². The van der Waals surface area contributed by atoms with E-state index >= 15 is 0 Å². The first-order valence-corrected chi connectivity index (χ1v) is 6.71. The summed E-state index contributed by atoms with van der Waals surface area (Å²) in [5, 5.41) is 14.0. The summed E-state index contributed by atoms with van der Waals surface area (Å²) < 4.78 is 2.83. The van der Waals surface area contributed by atoms with E-state index in [0.717, 1.165) is 41.6 Å². The summed E-state index contributed by atoms with van der Waals surface area (Å²) >= 11 is 3.43. The van der Waals surface area contributed by atoms with Crippen molar-refractivity contribution in [1.29, 1.82) is 0 Å². The Morgan fingerprint density at radius 2 is 2.06 bits per heavy atom. The fraction of sp³-hybridized carbons (Fsp3) is 0.500. The van der Waals surface area contributed by atoms with Crippen molar-refractivity contribution in [3.05, 3.63) is 28.6 Å². The van der Waals surface area contributed by atoms with Gasteiger partial charge >= 0.3 is 0 Å². The molecule has 1 fully saturated rings. The number of nitrogens with zero attached hydrogens (tertiary/aromatic N) is 3. The second-order valence-corrected chi connectivity index (χ2v) is 5.54. The molecule has 1 aliphatic carbocycles. The lowest BCUT2D eigenvalue weighted by Crippen LogP contribution is -2.17. The van der Waals surface area contributed by atoms with Gasteiger partial charge in [0.05, 0.1) is 6.10 Å². The first kappa shape index (κ1) is 11.2. The van der Waals surface area contributed by atoms with Crippen LogP contribution in [0.4, 0.5) is 0 Å². The number of halogens is 1. The molecule has 0 amide bonds. The summed E-state index contributed by atoms with van der Waals surface area (Å²) in [4.78, 5) is 4.56. The fourth-order valence-electron chi connectivity index (χ4n) is 2.38. The Morgan fingerprint density at radius 3 is 2.82 bits per heavy atom. The molecular formula is C12H14BrN3O. The van der Waals surface area contributed by atoms with Crippen molar-refractivity contribution in [2.24, 2.45) is 0 Å². The van der Waals surface area contributed by atoms with Gasteiger partial charge in [-0.3, -0.25) is 0 Å². The average molecular weight is 296 g/mol. The van der Waals surface area contributed by atoms with Gasteiger partial charge in [0.1, 0.15) is 0 Å². The highest BCUT2D eigenvalue weighted by Gasteiger charge is 2.23. The van der Waals surface area contributed by atoms with Gasteiger partial charge in [-0.15, -0.1) is 0 Å². The van der Waals surface area contributed by atoms with Crippen LogP contribution in [0, 0.1) is 0 Å². The Morgan fingerprint density at radius 1 is 1.29 bits per heavy atom. The SMILES string of the molecule is OC1CCC(c2nc3cc(Br)ccn3n2)CC1. The zero-order valence-electron chi connectivity index (χ0n) is 9.38. The molecule has 0 aromatic carbocycles. The second kappa shape index (κ2) is 4.38. The minimum Gasteiger partial charge on any atom is -0.393 e. The van der Waals surface area contributed by atoms with E-state index in [1.54, 1.807) is 0 Å². The quantitative estimate of drug-likeness (QED) is 0.879. The molecule has 1 saturated carbocycles. The lowest BCUT2D eigenvalue weighted by Gasteiger charge is -2.22. The van der Waals surface area contributed by atoms with Crippen LogP contribution in [0.25, 0.3) is 5.65 Å². The minimum absolute atomic E-state index is 0.127. The second-order valence-electron chi connectivity index (χ2n) is 4.62. The van der Waals surface area contributed by atoms with Crippen LogP contribution < -0.4 is 0 Å². The molecule has 0 spiro atoms. The maximum atomic E-state index is 9.50. The third kappa shape index (κ3) is 2.21. The first-order chi connectivity index (χ1) is 8.22. The van der Waals surface area contributed by atoms with Gasteiger partial charge in [-0.05, 0) is 37.8 Å². The van der Waals surface area contributed by atoms with Crippen molar-refractivity contribution in [2.75, 3.05) is 0 Å². The third-order valence-corrected chi connectivity index (χ3v) is 3.87. The van der Waals surface area contributed by atoms with Gasteiger partial charge in [-0.2, -0.15) is 5.10 Å². The van der Waals surface area contributed by atoms with Crippen molar-refractivity contribution in [3.63, 3.8) is 0 Å². The van der Waals surface area contributed by atoms with Crippen molar-refractivity contribution >= 4 is 21.6 Å². The Hall–Kier alpha value is -0.940. The monoisotopic (exact) mass is 295 g/mol.